The second kappa shape index (κ2) is 10.5. The fourth-order valence-electron chi connectivity index (χ4n) is 4.42. The van der Waals surface area contributed by atoms with E-state index in [1.165, 1.54) is 11.3 Å². The SMILES string of the molecule is CCOC(=O)C1=C(C)N=c2sc(=Cc3ccc(-c4cccc(Cl)c4)o3)c(=O)n2[C@@H]1c1ccc(N(C)C)cc1. The number of fused-ring (bicyclic) bond motifs is 1. The van der Waals surface area contributed by atoms with Crippen LogP contribution < -0.4 is 19.8 Å². The van der Waals surface area contributed by atoms with E-state index in [1.54, 1.807) is 36.6 Å². The van der Waals surface area contributed by atoms with Gasteiger partial charge in [-0.2, -0.15) is 0 Å². The topological polar surface area (TPSA) is 77.0 Å². The summed E-state index contributed by atoms with van der Waals surface area (Å²) in [5, 5.41) is 0.611. The second-order valence-electron chi connectivity index (χ2n) is 9.00. The third-order valence-electron chi connectivity index (χ3n) is 6.25. The highest BCUT2D eigenvalue weighted by Crippen LogP contribution is 2.32. The molecule has 2 aromatic carbocycles. The Kier molecular flexibility index (Phi) is 7.10. The summed E-state index contributed by atoms with van der Waals surface area (Å²) in [4.78, 5) is 33.9. The molecule has 0 unspecified atom stereocenters. The summed E-state index contributed by atoms with van der Waals surface area (Å²) in [5.41, 5.74) is 3.26. The molecule has 2 aromatic heterocycles. The number of esters is 1. The van der Waals surface area contributed by atoms with Crippen LogP contribution >= 0.6 is 22.9 Å². The van der Waals surface area contributed by atoms with Gasteiger partial charge in [-0.05, 0) is 55.8 Å². The fourth-order valence-corrected chi connectivity index (χ4v) is 5.64. The van der Waals surface area contributed by atoms with Crippen molar-refractivity contribution in [3.05, 3.63) is 108 Å². The van der Waals surface area contributed by atoms with Crippen molar-refractivity contribution < 1.29 is 13.9 Å². The summed E-state index contributed by atoms with van der Waals surface area (Å²) in [6.07, 6.45) is 1.70. The first-order chi connectivity index (χ1) is 18.3. The van der Waals surface area contributed by atoms with Gasteiger partial charge in [0.1, 0.15) is 11.5 Å². The number of thiazole rings is 1. The van der Waals surface area contributed by atoms with Gasteiger partial charge in [-0.25, -0.2) is 9.79 Å². The molecule has 0 N–H and O–H groups in total. The number of aromatic nitrogens is 1. The largest absolute Gasteiger partial charge is 0.463 e. The smallest absolute Gasteiger partial charge is 0.338 e. The summed E-state index contributed by atoms with van der Waals surface area (Å²) in [6, 6.07) is 18.1. The molecule has 194 valence electrons. The average molecular weight is 548 g/mol. The summed E-state index contributed by atoms with van der Waals surface area (Å²) in [5.74, 6) is 0.686. The second-order valence-corrected chi connectivity index (χ2v) is 10.4. The van der Waals surface area contributed by atoms with Crippen molar-refractivity contribution in [2.45, 2.75) is 19.9 Å². The number of hydrogen-bond acceptors (Lipinski definition) is 7. The molecular formula is C29H26ClN3O4S. The monoisotopic (exact) mass is 547 g/mol. The molecular weight excluding hydrogens is 522 g/mol. The zero-order valence-electron chi connectivity index (χ0n) is 21.4. The highest BCUT2D eigenvalue weighted by atomic mass is 35.5. The van der Waals surface area contributed by atoms with E-state index < -0.39 is 12.0 Å². The molecule has 1 atom stereocenters. The lowest BCUT2D eigenvalue weighted by atomic mass is 9.95. The summed E-state index contributed by atoms with van der Waals surface area (Å²) in [7, 11) is 3.91. The molecule has 0 aliphatic carbocycles. The Morgan fingerprint density at radius 2 is 1.95 bits per heavy atom. The summed E-state index contributed by atoms with van der Waals surface area (Å²) >= 11 is 7.38. The Labute approximate surface area is 228 Å². The van der Waals surface area contributed by atoms with Gasteiger partial charge in [-0.3, -0.25) is 9.36 Å². The van der Waals surface area contributed by atoms with Gasteiger partial charge < -0.3 is 14.1 Å². The van der Waals surface area contributed by atoms with Crippen molar-refractivity contribution in [2.75, 3.05) is 25.6 Å². The summed E-state index contributed by atoms with van der Waals surface area (Å²) < 4.78 is 13.4. The van der Waals surface area contributed by atoms with Gasteiger partial charge in [0.25, 0.3) is 5.56 Å². The molecule has 0 fully saturated rings. The Morgan fingerprint density at radius 3 is 2.63 bits per heavy atom. The van der Waals surface area contributed by atoms with Crippen LogP contribution in [-0.2, 0) is 9.53 Å². The molecule has 5 rings (SSSR count). The maximum Gasteiger partial charge on any atom is 0.338 e. The third-order valence-corrected chi connectivity index (χ3v) is 7.47. The van der Waals surface area contributed by atoms with Gasteiger partial charge in [-0.15, -0.1) is 0 Å². The number of ether oxygens (including phenoxy) is 1. The first-order valence-electron chi connectivity index (χ1n) is 12.1. The van der Waals surface area contributed by atoms with E-state index in [0.717, 1.165) is 16.8 Å². The third kappa shape index (κ3) is 4.85. The van der Waals surface area contributed by atoms with Gasteiger partial charge >= 0.3 is 5.97 Å². The van der Waals surface area contributed by atoms with Gasteiger partial charge in [-0.1, -0.05) is 47.2 Å². The highest BCUT2D eigenvalue weighted by Gasteiger charge is 2.33. The van der Waals surface area contributed by atoms with E-state index in [1.807, 2.05) is 67.5 Å². The van der Waals surface area contributed by atoms with Crippen LogP contribution in [0.15, 0.2) is 86.1 Å². The van der Waals surface area contributed by atoms with Crippen molar-refractivity contribution >= 4 is 40.7 Å². The molecule has 1 aliphatic heterocycles. The van der Waals surface area contributed by atoms with Crippen LogP contribution in [0, 0.1) is 0 Å². The zero-order valence-corrected chi connectivity index (χ0v) is 23.0. The van der Waals surface area contributed by atoms with Crippen molar-refractivity contribution in [1.82, 2.24) is 4.57 Å². The normalized spacial score (nSPS) is 15.3. The summed E-state index contributed by atoms with van der Waals surface area (Å²) in [6.45, 7) is 3.75. The van der Waals surface area contributed by atoms with Crippen LogP contribution in [0.1, 0.15) is 31.2 Å². The Balaban J connectivity index is 1.63. The maximum absolute atomic E-state index is 13.8. The first kappa shape index (κ1) is 25.8. The van der Waals surface area contributed by atoms with E-state index in [4.69, 9.17) is 20.8 Å². The van der Waals surface area contributed by atoms with E-state index in [2.05, 4.69) is 4.99 Å². The minimum Gasteiger partial charge on any atom is -0.463 e. The molecule has 0 spiro atoms. The van der Waals surface area contributed by atoms with Crippen molar-refractivity contribution in [1.29, 1.82) is 0 Å². The minimum atomic E-state index is -0.665. The Morgan fingerprint density at radius 1 is 1.18 bits per heavy atom. The lowest BCUT2D eigenvalue weighted by Gasteiger charge is -2.25. The van der Waals surface area contributed by atoms with E-state index in [0.29, 0.717) is 37.1 Å². The number of rotatable bonds is 6. The van der Waals surface area contributed by atoms with E-state index in [-0.39, 0.29) is 12.2 Å². The Bertz CT molecular complexity index is 1730. The number of allylic oxidation sites excluding steroid dienone is 1. The minimum absolute atomic E-state index is 0.222. The lowest BCUT2D eigenvalue weighted by molar-refractivity contribution is -0.139. The molecule has 3 heterocycles. The standard InChI is InChI=1S/C29H26ClN3O4S/c1-5-36-28(35)25-17(2)31-29-33(26(25)18-9-11-21(12-10-18)32(3)4)27(34)24(38-29)16-22-13-14-23(37-22)19-7-6-8-20(30)15-19/h6-16,26H,5H2,1-4H3/t26-/m1/s1. The van der Waals surface area contributed by atoms with Crippen LogP contribution in [0.2, 0.25) is 5.02 Å². The van der Waals surface area contributed by atoms with Crippen LogP contribution in [0.25, 0.3) is 17.4 Å². The van der Waals surface area contributed by atoms with Gasteiger partial charge in [0.2, 0.25) is 0 Å². The molecule has 38 heavy (non-hydrogen) atoms. The lowest BCUT2D eigenvalue weighted by Crippen LogP contribution is -2.39. The number of carbonyl (C=O) groups is 1. The molecule has 9 heteroatoms. The molecule has 7 nitrogen and oxygen atoms in total. The predicted molar refractivity (Wildman–Crippen MR) is 150 cm³/mol. The van der Waals surface area contributed by atoms with Crippen molar-refractivity contribution in [3.63, 3.8) is 0 Å². The van der Waals surface area contributed by atoms with Crippen LogP contribution in [0.3, 0.4) is 0 Å². The van der Waals surface area contributed by atoms with Gasteiger partial charge in [0, 0.05) is 36.4 Å². The van der Waals surface area contributed by atoms with Crippen molar-refractivity contribution in [3.8, 4) is 11.3 Å². The van der Waals surface area contributed by atoms with E-state index in [9.17, 15) is 9.59 Å². The van der Waals surface area contributed by atoms with Crippen molar-refractivity contribution in [2.24, 2.45) is 4.99 Å². The van der Waals surface area contributed by atoms with E-state index >= 15 is 0 Å². The average Bonchev–Trinajstić information content (AvgIpc) is 3.48. The molecule has 4 aromatic rings. The number of furan rings is 1. The van der Waals surface area contributed by atoms with Crippen LogP contribution in [0.4, 0.5) is 5.69 Å². The predicted octanol–water partition coefficient (Wildman–Crippen LogP) is 4.78. The molecule has 0 bridgehead atoms. The Hall–Kier alpha value is -3.88. The quantitative estimate of drug-likeness (QED) is 0.325. The van der Waals surface area contributed by atoms with Crippen LogP contribution in [-0.4, -0.2) is 31.2 Å². The first-order valence-corrected chi connectivity index (χ1v) is 13.3. The maximum atomic E-state index is 13.8. The molecule has 0 saturated carbocycles. The number of hydrogen-bond donors (Lipinski definition) is 0. The number of halogens is 1. The molecule has 0 amide bonds. The zero-order chi connectivity index (χ0) is 27.0. The van der Waals surface area contributed by atoms with Gasteiger partial charge in [0.15, 0.2) is 4.80 Å². The van der Waals surface area contributed by atoms with Gasteiger partial charge in [0.05, 0.1) is 28.5 Å². The molecule has 0 saturated heterocycles. The highest BCUT2D eigenvalue weighted by molar-refractivity contribution is 7.07. The number of anilines is 1. The molecule has 1 aliphatic rings. The number of carbonyl (C=O) groups excluding carboxylic acids is 1. The fraction of sp³-hybridized carbons (Fsp3) is 0.207. The number of nitrogens with zero attached hydrogens (tertiary/aromatic N) is 3. The van der Waals surface area contributed by atoms with Crippen LogP contribution in [0.5, 0.6) is 0 Å². The molecule has 0 radical (unpaired) electrons. The number of benzene rings is 2.